The van der Waals surface area contributed by atoms with Gasteiger partial charge in [0, 0.05) is 25.7 Å². The topological polar surface area (TPSA) is 132 Å². The van der Waals surface area contributed by atoms with E-state index in [0.717, 1.165) is 19.0 Å². The van der Waals surface area contributed by atoms with E-state index in [4.69, 9.17) is 36.3 Å². The minimum absolute atomic E-state index is 0. The predicted molar refractivity (Wildman–Crippen MR) is 83.4 cm³/mol. The fourth-order valence-corrected chi connectivity index (χ4v) is 3.40. The molecular formula is C12H23N3O7PSiV2-. The molecule has 14 heteroatoms. The van der Waals surface area contributed by atoms with Gasteiger partial charge >= 0.3 is 115 Å². The van der Waals surface area contributed by atoms with Crippen LogP contribution in [0.3, 0.4) is 0 Å². The molecule has 1 heterocycles. The molecule has 1 rings (SSSR count). The Morgan fingerprint density at radius 2 is 2.31 bits per heavy atom. The molecule has 148 valence electrons. The summed E-state index contributed by atoms with van der Waals surface area (Å²) in [5.74, 6) is 0. The van der Waals surface area contributed by atoms with Gasteiger partial charge in [-0.3, -0.25) is 0 Å². The minimum Gasteiger partial charge on any atom is -0.512 e. The van der Waals surface area contributed by atoms with E-state index in [1.54, 1.807) is 7.11 Å². The zero-order chi connectivity index (χ0) is 19.8. The second kappa shape index (κ2) is 19.0. The minimum atomic E-state index is -4.22. The molecule has 1 aliphatic rings. The molecule has 26 heavy (non-hydrogen) atoms. The van der Waals surface area contributed by atoms with Crippen LogP contribution in [0.2, 0.25) is 6.04 Å². The Kier molecular flexibility index (Phi) is 19.4. The summed E-state index contributed by atoms with van der Waals surface area (Å²) in [5, 5.41) is 9.35. The first-order valence-electron chi connectivity index (χ1n) is 7.95. The molecule has 0 bridgehead atoms. The number of phosphoric acid groups is 1. The molecule has 1 aliphatic heterocycles. The van der Waals surface area contributed by atoms with E-state index in [0.29, 0.717) is 16.3 Å². The van der Waals surface area contributed by atoms with Crippen LogP contribution in [-0.4, -0.2) is 66.9 Å². The van der Waals surface area contributed by atoms with Crippen molar-refractivity contribution in [2.45, 2.75) is 31.1 Å². The maximum Gasteiger partial charge on any atom is 0 e. The van der Waals surface area contributed by atoms with Crippen molar-refractivity contribution in [3.8, 4) is 0 Å². The smallest absolute Gasteiger partial charge is 0 e. The summed E-state index contributed by atoms with van der Waals surface area (Å²) < 4.78 is 43.2. The average Bonchev–Trinajstić information content (AvgIpc) is 2.95. The van der Waals surface area contributed by atoms with E-state index in [1.807, 2.05) is 17.2 Å². The van der Waals surface area contributed by atoms with E-state index < -0.39 is 26.6 Å². The van der Waals surface area contributed by atoms with Gasteiger partial charge in [0.25, 0.3) is 0 Å². The third-order valence-corrected chi connectivity index (χ3v) is 4.96. The zero-order valence-electron chi connectivity index (χ0n) is 15.3. The summed E-state index contributed by atoms with van der Waals surface area (Å²) in [7, 11) is -2.05. The molecule has 0 amide bonds. The van der Waals surface area contributed by atoms with Crippen molar-refractivity contribution in [3.05, 3.63) is 6.57 Å². The summed E-state index contributed by atoms with van der Waals surface area (Å²) in [6.07, 6.45) is -0.254. The number of hydrogen-bond acceptors (Lipinski definition) is 9. The molecular weight excluding hydrogens is 459 g/mol. The van der Waals surface area contributed by atoms with Crippen molar-refractivity contribution in [2.24, 2.45) is 3.95 Å². The molecule has 0 aromatic carbocycles. The molecule has 0 saturated carbocycles. The van der Waals surface area contributed by atoms with E-state index in [1.165, 1.54) is 0 Å². The first-order valence-corrected chi connectivity index (χ1v) is 10.6. The summed E-state index contributed by atoms with van der Waals surface area (Å²) in [6, 6.07) is 0.980. The molecule has 4 atom stereocenters. The van der Waals surface area contributed by atoms with Gasteiger partial charge in [-0.15, -0.1) is 0 Å². The van der Waals surface area contributed by atoms with E-state index in [-0.39, 0.29) is 38.2 Å². The molecule has 1 saturated heterocycles. The number of nitrogens with zero attached hydrogens (tertiary/aromatic N) is 2. The Morgan fingerprint density at radius 3 is 2.96 bits per heavy atom. The van der Waals surface area contributed by atoms with E-state index >= 15 is 0 Å². The molecule has 0 aromatic heterocycles. The van der Waals surface area contributed by atoms with Crippen LogP contribution in [-0.2, 0) is 63.4 Å². The normalized spacial score (nSPS) is 24.4. The average molecular weight is 484 g/mol. The van der Waals surface area contributed by atoms with Gasteiger partial charge in [0.15, 0.2) is 0 Å². The Balaban J connectivity index is 0. The van der Waals surface area contributed by atoms with Crippen LogP contribution < -0.4 is 5.32 Å². The monoisotopic (exact) mass is 484 g/mol. The standard InChI is InChI=1S/C11H23N2O7PSi.CN.2V/c1-16-22-8-2-4-13-5-7-19-21(14,15)20-10-3-6-17-11(10)9-18-12;1-2;;/h10-11,13H,2-9H2,1H3,(H,14,15);;;/q;-1;;/i6T;;;. The molecule has 10 nitrogen and oxygen atoms in total. The molecule has 1 fully saturated rings. The second-order valence-electron chi connectivity index (χ2n) is 4.60. The van der Waals surface area contributed by atoms with Crippen LogP contribution >= 0.6 is 7.82 Å². The van der Waals surface area contributed by atoms with Gasteiger partial charge < -0.3 is 16.3 Å². The van der Waals surface area contributed by atoms with E-state index in [2.05, 4.69) is 9.27 Å². The van der Waals surface area contributed by atoms with Crippen LogP contribution in [0, 0.1) is 11.8 Å². The fraction of sp³-hybridized carbons (Fsp3) is 0.917. The summed E-state index contributed by atoms with van der Waals surface area (Å²) in [6.45, 7) is 5.22. The molecule has 3 radical (unpaired) electrons. The van der Waals surface area contributed by atoms with Crippen LogP contribution in [0.5, 0.6) is 0 Å². The van der Waals surface area contributed by atoms with Gasteiger partial charge in [-0.1, -0.05) is 0 Å². The summed E-state index contributed by atoms with van der Waals surface area (Å²) in [5.41, 5.74) is 0. The predicted octanol–water partition coefficient (Wildman–Crippen LogP) is 0.697. The van der Waals surface area contributed by atoms with Gasteiger partial charge in [0.2, 0.25) is 9.76 Å². The first kappa shape index (κ1) is 26.6. The summed E-state index contributed by atoms with van der Waals surface area (Å²) in [4.78, 5) is 14.6. The Bertz CT molecular complexity index is 458. The number of ether oxygens (including phenoxy) is 1. The van der Waals surface area contributed by atoms with E-state index in [9.17, 15) is 9.46 Å². The SMILES string of the molecule is [3H]C1CC(OP(=O)(O)OCCNCCC[Si]OC)C(CO[N]=[V])O1.[C-]#N.[V]. The Morgan fingerprint density at radius 1 is 1.58 bits per heavy atom. The van der Waals surface area contributed by atoms with Crippen LogP contribution in [0.4, 0.5) is 0 Å². The van der Waals surface area contributed by atoms with Crippen molar-refractivity contribution in [1.82, 2.24) is 5.32 Å². The zero-order valence-corrected chi connectivity index (χ0v) is 19.0. The van der Waals surface area contributed by atoms with Gasteiger partial charge in [-0.2, -0.15) is 0 Å². The van der Waals surface area contributed by atoms with Gasteiger partial charge in [-0.25, -0.2) is 0 Å². The van der Waals surface area contributed by atoms with Crippen LogP contribution in [0.25, 0.3) is 0 Å². The van der Waals surface area contributed by atoms with Crippen molar-refractivity contribution in [1.29, 1.82) is 5.26 Å². The molecule has 0 spiro atoms. The molecule has 2 N–H and O–H groups in total. The van der Waals surface area contributed by atoms with Gasteiger partial charge in [-0.05, 0) is 12.5 Å². The number of nitrogens with one attached hydrogen (secondary N) is 1. The Hall–Kier alpha value is 0.626. The first-order chi connectivity index (χ1) is 12.5. The summed E-state index contributed by atoms with van der Waals surface area (Å²) >= 11 is 1.89. The fourth-order valence-electron chi connectivity index (χ4n) is 1.83. The van der Waals surface area contributed by atoms with Gasteiger partial charge in [0.05, 0.1) is 0 Å². The van der Waals surface area contributed by atoms with Crippen LogP contribution in [0.1, 0.15) is 14.2 Å². The molecule has 0 aliphatic carbocycles. The maximum atomic E-state index is 12.0. The number of rotatable bonds is 14. The Labute approximate surface area is 179 Å². The van der Waals surface area contributed by atoms with Crippen molar-refractivity contribution >= 4 is 17.6 Å². The van der Waals surface area contributed by atoms with Gasteiger partial charge in [0.1, 0.15) is 0 Å². The van der Waals surface area contributed by atoms with Crippen molar-refractivity contribution in [3.63, 3.8) is 0 Å². The molecule has 0 aromatic rings. The number of phosphoric ester groups is 1. The number of hydrogen-bond donors (Lipinski definition) is 2. The largest absolute Gasteiger partial charge is 0.512 e. The maximum absolute atomic E-state index is 12.0. The molecule has 4 unspecified atom stereocenters. The van der Waals surface area contributed by atoms with Crippen molar-refractivity contribution in [2.75, 3.05) is 40.0 Å². The van der Waals surface area contributed by atoms with Crippen molar-refractivity contribution < 1.29 is 69.7 Å². The second-order valence-corrected chi connectivity index (χ2v) is 7.46. The van der Waals surface area contributed by atoms with Crippen LogP contribution in [0.15, 0.2) is 3.95 Å². The third-order valence-electron chi connectivity index (χ3n) is 2.89. The quantitative estimate of drug-likeness (QED) is 0.120. The third kappa shape index (κ3) is 14.7.